The first-order valence-electron chi connectivity index (χ1n) is 11.8. The van der Waals surface area contributed by atoms with Gasteiger partial charge in [-0.25, -0.2) is 9.59 Å². The number of ether oxygens (including phenoxy) is 4. The van der Waals surface area contributed by atoms with Crippen LogP contribution < -0.4 is 9.47 Å². The molecule has 0 saturated heterocycles. The number of nitrogens with zero attached hydrogens (tertiary/aromatic N) is 1. The maximum Gasteiger partial charge on any atom is 0.355 e. The Hall–Kier alpha value is -4.01. The molecule has 9 heteroatoms. The Morgan fingerprint density at radius 1 is 1.06 bits per heavy atom. The maximum absolute atomic E-state index is 12.9. The first-order valence-corrected chi connectivity index (χ1v) is 11.8. The van der Waals surface area contributed by atoms with Gasteiger partial charge >= 0.3 is 11.9 Å². The van der Waals surface area contributed by atoms with Gasteiger partial charge in [-0.15, -0.1) is 0 Å². The van der Waals surface area contributed by atoms with Crippen molar-refractivity contribution in [3.8, 4) is 11.5 Å². The Labute approximate surface area is 209 Å². The molecule has 0 bridgehead atoms. The molecule has 1 aliphatic heterocycles. The number of carbonyl (C=O) groups excluding carboxylic acids is 3. The highest BCUT2D eigenvalue weighted by atomic mass is 16.6. The molecule has 0 spiro atoms. The molecule has 0 amide bonds. The van der Waals surface area contributed by atoms with Gasteiger partial charge in [-0.2, -0.15) is 0 Å². The van der Waals surface area contributed by atoms with Crippen LogP contribution in [0.1, 0.15) is 60.8 Å². The minimum atomic E-state index is -0.709. The molecular formula is C27H30N2O7. The topological polar surface area (TPSA) is 109 Å². The molecule has 0 radical (unpaired) electrons. The molecule has 1 aromatic carbocycles. The number of nitrogens with one attached hydrogen (secondary N) is 1. The third kappa shape index (κ3) is 4.86. The minimum Gasteiger partial charge on any atom is -0.486 e. The molecule has 1 atom stereocenters. The van der Waals surface area contributed by atoms with Gasteiger partial charge in [-0.3, -0.25) is 4.79 Å². The van der Waals surface area contributed by atoms with Crippen molar-refractivity contribution in [1.82, 2.24) is 9.55 Å². The molecule has 0 unspecified atom stereocenters. The minimum absolute atomic E-state index is 0.128. The van der Waals surface area contributed by atoms with E-state index in [0.717, 1.165) is 11.4 Å². The highest BCUT2D eigenvalue weighted by Crippen LogP contribution is 2.31. The fourth-order valence-electron chi connectivity index (χ4n) is 4.47. The second-order valence-corrected chi connectivity index (χ2v) is 8.74. The zero-order valence-corrected chi connectivity index (χ0v) is 21.1. The van der Waals surface area contributed by atoms with Gasteiger partial charge in [0.1, 0.15) is 12.3 Å². The number of aryl methyl sites for hydroxylation is 2. The third-order valence-electron chi connectivity index (χ3n) is 6.28. The molecule has 2 aromatic heterocycles. The van der Waals surface area contributed by atoms with Crippen LogP contribution in [-0.4, -0.2) is 53.2 Å². The number of para-hydroxylation sites is 2. The molecule has 0 saturated carbocycles. The SMILES string of the molecule is CCOC(=O)c1c(C)[nH]c(C(=O)OCC(=O)c2cc(C)n(C[C@@H]3COc4ccccc4O3)c2C)c1C. The van der Waals surface area contributed by atoms with E-state index in [4.69, 9.17) is 18.9 Å². The van der Waals surface area contributed by atoms with Gasteiger partial charge in [0.15, 0.2) is 24.2 Å². The molecule has 190 valence electrons. The van der Waals surface area contributed by atoms with Crippen LogP contribution in [0.15, 0.2) is 30.3 Å². The summed E-state index contributed by atoms with van der Waals surface area (Å²) in [4.78, 5) is 40.7. The summed E-state index contributed by atoms with van der Waals surface area (Å²) in [5, 5.41) is 0. The van der Waals surface area contributed by atoms with Crippen molar-refractivity contribution in [3.05, 3.63) is 69.8 Å². The lowest BCUT2D eigenvalue weighted by atomic mass is 10.1. The fraction of sp³-hybridized carbons (Fsp3) is 0.370. The normalized spacial score (nSPS) is 14.4. The molecule has 36 heavy (non-hydrogen) atoms. The predicted octanol–water partition coefficient (Wildman–Crippen LogP) is 4.11. The summed E-state index contributed by atoms with van der Waals surface area (Å²) in [5.74, 6) is -0.128. The number of aromatic nitrogens is 2. The number of Topliss-reactive ketones (excluding diaryl/α,β-unsaturated/α-hetero) is 1. The highest BCUT2D eigenvalue weighted by molar-refractivity contribution is 6.02. The average molecular weight is 495 g/mol. The number of hydrogen-bond acceptors (Lipinski definition) is 7. The van der Waals surface area contributed by atoms with Crippen molar-refractivity contribution in [1.29, 1.82) is 0 Å². The lowest BCUT2D eigenvalue weighted by Crippen LogP contribution is -2.33. The summed E-state index contributed by atoms with van der Waals surface area (Å²) in [5.41, 5.74) is 3.48. The zero-order valence-electron chi connectivity index (χ0n) is 21.1. The molecule has 1 aliphatic rings. The molecule has 3 heterocycles. The smallest absolute Gasteiger partial charge is 0.355 e. The van der Waals surface area contributed by atoms with E-state index >= 15 is 0 Å². The lowest BCUT2D eigenvalue weighted by Gasteiger charge is -2.27. The summed E-state index contributed by atoms with van der Waals surface area (Å²) in [6.45, 7) is 9.50. The molecule has 0 aliphatic carbocycles. The van der Waals surface area contributed by atoms with Crippen LogP contribution in [0, 0.1) is 27.7 Å². The van der Waals surface area contributed by atoms with E-state index in [1.165, 1.54) is 0 Å². The summed E-state index contributed by atoms with van der Waals surface area (Å²) < 4.78 is 24.2. The largest absolute Gasteiger partial charge is 0.486 e. The quantitative estimate of drug-likeness (QED) is 0.371. The van der Waals surface area contributed by atoms with Crippen molar-refractivity contribution in [2.24, 2.45) is 0 Å². The molecule has 9 nitrogen and oxygen atoms in total. The number of rotatable bonds is 8. The Bertz CT molecular complexity index is 1320. The number of esters is 2. The van der Waals surface area contributed by atoms with E-state index < -0.39 is 18.5 Å². The van der Waals surface area contributed by atoms with E-state index in [2.05, 4.69) is 4.98 Å². The monoisotopic (exact) mass is 494 g/mol. The summed E-state index contributed by atoms with van der Waals surface area (Å²) in [6, 6.07) is 9.30. The van der Waals surface area contributed by atoms with E-state index in [1.807, 2.05) is 42.7 Å². The van der Waals surface area contributed by atoms with Crippen molar-refractivity contribution in [2.75, 3.05) is 19.8 Å². The number of hydrogen-bond donors (Lipinski definition) is 1. The first-order chi connectivity index (χ1) is 17.2. The highest BCUT2D eigenvalue weighted by Gasteiger charge is 2.26. The van der Waals surface area contributed by atoms with Crippen LogP contribution in [-0.2, 0) is 16.0 Å². The van der Waals surface area contributed by atoms with E-state index in [0.29, 0.717) is 47.0 Å². The standard InChI is InChI=1S/C27H30N2O7/c1-6-33-26(31)24-16(3)25(28-17(24)4)27(32)35-14-21(30)20-11-15(2)29(18(20)5)12-19-13-34-22-9-7-8-10-23(22)36-19/h7-11,19,28H,6,12-14H2,1-5H3/t19-/m1/s1. The summed E-state index contributed by atoms with van der Waals surface area (Å²) in [7, 11) is 0. The molecule has 1 N–H and O–H groups in total. The van der Waals surface area contributed by atoms with Gasteiger partial charge in [0.25, 0.3) is 0 Å². The summed E-state index contributed by atoms with van der Waals surface area (Å²) >= 11 is 0. The predicted molar refractivity (Wildman–Crippen MR) is 131 cm³/mol. The zero-order chi connectivity index (χ0) is 26.0. The second-order valence-electron chi connectivity index (χ2n) is 8.74. The first kappa shape index (κ1) is 25.1. The molecule has 4 rings (SSSR count). The lowest BCUT2D eigenvalue weighted by molar-refractivity contribution is 0.0468. The van der Waals surface area contributed by atoms with Gasteiger partial charge in [0.2, 0.25) is 5.78 Å². The van der Waals surface area contributed by atoms with Crippen LogP contribution in [0.3, 0.4) is 0 Å². The molecular weight excluding hydrogens is 464 g/mol. The average Bonchev–Trinajstić information content (AvgIpc) is 3.32. The van der Waals surface area contributed by atoms with Gasteiger partial charge in [0.05, 0.1) is 18.7 Å². The van der Waals surface area contributed by atoms with Crippen LogP contribution >= 0.6 is 0 Å². The van der Waals surface area contributed by atoms with Crippen molar-refractivity contribution in [3.63, 3.8) is 0 Å². The molecule has 3 aromatic rings. The number of aromatic amines is 1. The van der Waals surface area contributed by atoms with Crippen LogP contribution in [0.2, 0.25) is 0 Å². The number of fused-ring (bicyclic) bond motifs is 1. The van der Waals surface area contributed by atoms with E-state index in [1.54, 1.807) is 26.8 Å². The number of benzene rings is 1. The van der Waals surface area contributed by atoms with Gasteiger partial charge < -0.3 is 28.5 Å². The Morgan fingerprint density at radius 3 is 2.50 bits per heavy atom. The number of carbonyl (C=O) groups is 3. The Balaban J connectivity index is 1.42. The Morgan fingerprint density at radius 2 is 1.78 bits per heavy atom. The van der Waals surface area contributed by atoms with Gasteiger partial charge in [0, 0.05) is 22.6 Å². The van der Waals surface area contributed by atoms with Gasteiger partial charge in [-0.05, 0) is 58.4 Å². The molecule has 0 fully saturated rings. The maximum atomic E-state index is 12.9. The van der Waals surface area contributed by atoms with E-state index in [9.17, 15) is 14.4 Å². The second kappa shape index (κ2) is 10.3. The fourth-order valence-corrected chi connectivity index (χ4v) is 4.47. The van der Waals surface area contributed by atoms with Crippen LogP contribution in [0.4, 0.5) is 0 Å². The van der Waals surface area contributed by atoms with Crippen molar-refractivity contribution in [2.45, 2.75) is 47.3 Å². The van der Waals surface area contributed by atoms with E-state index in [-0.39, 0.29) is 24.2 Å². The van der Waals surface area contributed by atoms with Crippen molar-refractivity contribution >= 4 is 17.7 Å². The van der Waals surface area contributed by atoms with Crippen LogP contribution in [0.25, 0.3) is 0 Å². The van der Waals surface area contributed by atoms with Crippen LogP contribution in [0.5, 0.6) is 11.5 Å². The van der Waals surface area contributed by atoms with Crippen molar-refractivity contribution < 1.29 is 33.3 Å². The number of ketones is 1. The number of H-pyrrole nitrogens is 1. The Kier molecular flexibility index (Phi) is 7.19. The van der Waals surface area contributed by atoms with Gasteiger partial charge in [-0.1, -0.05) is 12.1 Å². The summed E-state index contributed by atoms with van der Waals surface area (Å²) in [6.07, 6.45) is -0.210. The third-order valence-corrected chi connectivity index (χ3v) is 6.28.